The number of rotatable bonds is 1. The van der Waals surface area contributed by atoms with E-state index in [1.807, 2.05) is 0 Å². The molecule has 0 aliphatic heterocycles. The molecule has 0 atom stereocenters. The fraction of sp³-hybridized carbons (Fsp3) is 0.143. The number of hydrogen-bond donors (Lipinski definition) is 0. The SMILES string of the molecule is Fc1cc(Br)c(F)c(CCl)c1F. The van der Waals surface area contributed by atoms with E-state index in [1.54, 1.807) is 0 Å². The second kappa shape index (κ2) is 3.66. The number of alkyl halides is 1. The van der Waals surface area contributed by atoms with E-state index in [2.05, 4.69) is 15.9 Å². The second-order valence-corrected chi connectivity index (χ2v) is 3.20. The molecule has 0 aromatic heterocycles. The largest absolute Gasteiger partial charge is 0.205 e. The lowest BCUT2D eigenvalue weighted by molar-refractivity contribution is 0.482. The third-order valence-corrected chi connectivity index (χ3v) is 2.18. The van der Waals surface area contributed by atoms with Crippen LogP contribution in [-0.4, -0.2) is 0 Å². The van der Waals surface area contributed by atoms with Crippen LogP contribution in [0.4, 0.5) is 13.2 Å². The minimum Gasteiger partial charge on any atom is -0.205 e. The zero-order valence-corrected chi connectivity index (χ0v) is 8.02. The van der Waals surface area contributed by atoms with E-state index >= 15 is 0 Å². The van der Waals surface area contributed by atoms with E-state index in [0.717, 1.165) is 6.07 Å². The summed E-state index contributed by atoms with van der Waals surface area (Å²) in [6.45, 7) is 0. The molecule has 1 aromatic rings. The van der Waals surface area contributed by atoms with Crippen LogP contribution in [0.25, 0.3) is 0 Å². The fourth-order valence-electron chi connectivity index (χ4n) is 0.740. The van der Waals surface area contributed by atoms with Crippen molar-refractivity contribution in [1.82, 2.24) is 0 Å². The van der Waals surface area contributed by atoms with Crippen molar-refractivity contribution < 1.29 is 13.2 Å². The van der Waals surface area contributed by atoms with Crippen molar-refractivity contribution in [2.45, 2.75) is 5.88 Å². The van der Waals surface area contributed by atoms with Gasteiger partial charge in [-0.15, -0.1) is 11.6 Å². The van der Waals surface area contributed by atoms with Crippen LogP contribution in [0, 0.1) is 17.5 Å². The number of benzene rings is 1. The first-order valence-corrected chi connectivity index (χ1v) is 4.28. The Kier molecular flexibility index (Phi) is 3.01. The molecule has 0 aliphatic carbocycles. The van der Waals surface area contributed by atoms with Gasteiger partial charge in [-0.3, -0.25) is 0 Å². The summed E-state index contributed by atoms with van der Waals surface area (Å²) in [7, 11) is 0. The van der Waals surface area contributed by atoms with Crippen molar-refractivity contribution in [1.29, 1.82) is 0 Å². The molecule has 0 nitrogen and oxygen atoms in total. The Morgan fingerprint density at radius 2 is 1.83 bits per heavy atom. The van der Waals surface area contributed by atoms with Crippen LogP contribution in [0.2, 0.25) is 0 Å². The van der Waals surface area contributed by atoms with Gasteiger partial charge in [0.1, 0.15) is 5.82 Å². The average Bonchev–Trinajstić information content (AvgIpc) is 2.02. The molecule has 0 radical (unpaired) electrons. The standard InChI is InChI=1S/C7H3BrClF3/c8-4-1-5(10)7(12)3(2-9)6(4)11/h1H,2H2. The monoisotopic (exact) mass is 258 g/mol. The van der Waals surface area contributed by atoms with Crippen LogP contribution >= 0.6 is 27.5 Å². The molecule has 0 unspecified atom stereocenters. The van der Waals surface area contributed by atoms with Gasteiger partial charge in [-0.1, -0.05) is 0 Å². The lowest BCUT2D eigenvalue weighted by atomic mass is 10.2. The molecule has 0 amide bonds. The summed E-state index contributed by atoms with van der Waals surface area (Å²) in [6.07, 6.45) is 0. The van der Waals surface area contributed by atoms with Gasteiger partial charge in [0.25, 0.3) is 0 Å². The Hall–Kier alpha value is -0.220. The molecular weight excluding hydrogens is 256 g/mol. The highest BCUT2D eigenvalue weighted by molar-refractivity contribution is 9.10. The predicted molar refractivity (Wildman–Crippen MR) is 43.6 cm³/mol. The van der Waals surface area contributed by atoms with Crippen molar-refractivity contribution in [3.8, 4) is 0 Å². The van der Waals surface area contributed by atoms with E-state index in [1.165, 1.54) is 0 Å². The van der Waals surface area contributed by atoms with Gasteiger partial charge in [0.15, 0.2) is 11.6 Å². The molecule has 0 bridgehead atoms. The number of hydrogen-bond acceptors (Lipinski definition) is 0. The third kappa shape index (κ3) is 1.59. The molecule has 0 saturated carbocycles. The highest BCUT2D eigenvalue weighted by Crippen LogP contribution is 2.25. The molecule has 0 N–H and O–H groups in total. The third-order valence-electron chi connectivity index (χ3n) is 1.34. The van der Waals surface area contributed by atoms with Gasteiger partial charge >= 0.3 is 0 Å². The topological polar surface area (TPSA) is 0 Å². The predicted octanol–water partition coefficient (Wildman–Crippen LogP) is 3.61. The maximum atomic E-state index is 12.9. The highest BCUT2D eigenvalue weighted by Gasteiger charge is 2.16. The summed E-state index contributed by atoms with van der Waals surface area (Å²) < 4.78 is 38.1. The second-order valence-electron chi connectivity index (χ2n) is 2.08. The molecular formula is C7H3BrClF3. The zero-order chi connectivity index (χ0) is 9.30. The van der Waals surface area contributed by atoms with Crippen molar-refractivity contribution in [3.63, 3.8) is 0 Å². The van der Waals surface area contributed by atoms with Gasteiger partial charge in [-0.25, -0.2) is 13.2 Å². The van der Waals surface area contributed by atoms with Crippen molar-refractivity contribution in [2.24, 2.45) is 0 Å². The molecule has 66 valence electrons. The number of halogens is 5. The van der Waals surface area contributed by atoms with E-state index in [9.17, 15) is 13.2 Å². The molecule has 0 aliphatic rings. The minimum absolute atomic E-state index is 0.128. The highest BCUT2D eigenvalue weighted by atomic mass is 79.9. The van der Waals surface area contributed by atoms with Gasteiger partial charge in [-0.2, -0.15) is 0 Å². The lowest BCUT2D eigenvalue weighted by Crippen LogP contribution is -1.97. The van der Waals surface area contributed by atoms with Gasteiger partial charge in [0.05, 0.1) is 10.4 Å². The maximum absolute atomic E-state index is 12.9. The first-order chi connectivity index (χ1) is 5.57. The Morgan fingerprint density at radius 1 is 1.25 bits per heavy atom. The first-order valence-electron chi connectivity index (χ1n) is 2.95. The molecule has 12 heavy (non-hydrogen) atoms. The van der Waals surface area contributed by atoms with Crippen LogP contribution in [0.15, 0.2) is 10.5 Å². The van der Waals surface area contributed by atoms with E-state index in [0.29, 0.717) is 0 Å². The quantitative estimate of drug-likeness (QED) is 0.534. The summed E-state index contributed by atoms with van der Waals surface area (Å²) in [6, 6.07) is 0.723. The van der Waals surface area contributed by atoms with Crippen LogP contribution in [0.3, 0.4) is 0 Å². The van der Waals surface area contributed by atoms with Crippen molar-refractivity contribution >= 4 is 27.5 Å². The minimum atomic E-state index is -1.23. The lowest BCUT2D eigenvalue weighted by Gasteiger charge is -2.03. The zero-order valence-electron chi connectivity index (χ0n) is 5.67. The Balaban J connectivity index is 3.42. The molecule has 0 spiro atoms. The Morgan fingerprint density at radius 3 is 2.33 bits per heavy atom. The van der Waals surface area contributed by atoms with Crippen LogP contribution < -0.4 is 0 Å². The Labute approximate surface area is 80.5 Å². The van der Waals surface area contributed by atoms with Crippen molar-refractivity contribution in [3.05, 3.63) is 33.6 Å². The summed E-state index contributed by atoms with van der Waals surface area (Å²) >= 11 is 7.95. The van der Waals surface area contributed by atoms with Gasteiger partial charge in [-0.05, 0) is 22.0 Å². The molecule has 1 aromatic carbocycles. The van der Waals surface area contributed by atoms with Crippen molar-refractivity contribution in [2.75, 3.05) is 0 Å². The van der Waals surface area contributed by atoms with Gasteiger partial charge < -0.3 is 0 Å². The maximum Gasteiger partial charge on any atom is 0.166 e. The summed E-state index contributed by atoms with van der Waals surface area (Å²) in [5.41, 5.74) is -0.455. The molecule has 0 fully saturated rings. The van der Waals surface area contributed by atoms with E-state index < -0.39 is 28.9 Å². The Bertz CT molecular complexity index is 288. The smallest absolute Gasteiger partial charge is 0.166 e. The van der Waals surface area contributed by atoms with Gasteiger partial charge in [0.2, 0.25) is 0 Å². The summed E-state index contributed by atoms with van der Waals surface area (Å²) in [5, 5.41) is 0. The van der Waals surface area contributed by atoms with Crippen LogP contribution in [0.5, 0.6) is 0 Å². The summed E-state index contributed by atoms with van der Waals surface area (Å²) in [4.78, 5) is 0. The molecule has 5 heteroatoms. The van der Waals surface area contributed by atoms with Crippen LogP contribution in [0.1, 0.15) is 5.56 Å². The van der Waals surface area contributed by atoms with Gasteiger partial charge in [0, 0.05) is 5.56 Å². The first kappa shape index (κ1) is 9.86. The fourth-order valence-corrected chi connectivity index (χ4v) is 1.41. The van der Waals surface area contributed by atoms with E-state index in [4.69, 9.17) is 11.6 Å². The molecule has 0 saturated heterocycles. The van der Waals surface area contributed by atoms with Crippen LogP contribution in [-0.2, 0) is 5.88 Å². The molecule has 0 heterocycles. The van der Waals surface area contributed by atoms with E-state index in [-0.39, 0.29) is 4.47 Å². The summed E-state index contributed by atoms with van der Waals surface area (Å²) in [5.74, 6) is -3.60. The molecule has 1 rings (SSSR count). The average molecular weight is 259 g/mol. The normalized spacial score (nSPS) is 10.4.